The van der Waals surface area contributed by atoms with Crippen molar-refractivity contribution in [1.82, 2.24) is 15.1 Å². The largest absolute Gasteiger partial charge is 0.497 e. The Morgan fingerprint density at radius 2 is 2.00 bits per heavy atom. The lowest BCUT2D eigenvalue weighted by atomic mass is 10.1. The average molecular weight is 314 g/mol. The van der Waals surface area contributed by atoms with Crippen LogP contribution in [-0.4, -0.2) is 28.5 Å². The fourth-order valence-electron chi connectivity index (χ4n) is 1.87. The van der Waals surface area contributed by atoms with Gasteiger partial charge in [0.1, 0.15) is 17.3 Å². The number of rotatable bonds is 5. The Balaban J connectivity index is 1.77. The molecule has 0 bridgehead atoms. The van der Waals surface area contributed by atoms with Crippen molar-refractivity contribution in [3.63, 3.8) is 0 Å². The standard InChI is InChI=1S/C15H14N4O2S/c1-20-11-5-3-10(4-6-11)12-9-14(21-19-12)17-13-7-8-16-15(18-13)22-2/h3-9H,1-2H3,(H,16,17,18). The number of hydrogen-bond donors (Lipinski definition) is 1. The molecular weight excluding hydrogens is 300 g/mol. The minimum absolute atomic E-state index is 0.525. The summed E-state index contributed by atoms with van der Waals surface area (Å²) in [5, 5.41) is 7.82. The van der Waals surface area contributed by atoms with Gasteiger partial charge in [-0.05, 0) is 36.6 Å². The van der Waals surface area contributed by atoms with Gasteiger partial charge in [-0.3, -0.25) is 0 Å². The summed E-state index contributed by atoms with van der Waals surface area (Å²) in [7, 11) is 1.64. The van der Waals surface area contributed by atoms with Crippen LogP contribution >= 0.6 is 11.8 Å². The zero-order chi connectivity index (χ0) is 15.4. The number of nitrogens with one attached hydrogen (secondary N) is 1. The van der Waals surface area contributed by atoms with Crippen molar-refractivity contribution in [2.24, 2.45) is 0 Å². The molecule has 3 aromatic rings. The molecule has 0 radical (unpaired) electrons. The van der Waals surface area contributed by atoms with E-state index in [0.29, 0.717) is 16.9 Å². The number of nitrogens with zero attached hydrogens (tertiary/aromatic N) is 3. The zero-order valence-corrected chi connectivity index (χ0v) is 12.9. The third-order valence-corrected chi connectivity index (χ3v) is 3.53. The lowest BCUT2D eigenvalue weighted by Gasteiger charge is -2.01. The van der Waals surface area contributed by atoms with Crippen molar-refractivity contribution < 1.29 is 9.26 Å². The van der Waals surface area contributed by atoms with Gasteiger partial charge in [0.25, 0.3) is 0 Å². The van der Waals surface area contributed by atoms with Crippen LogP contribution in [0.5, 0.6) is 5.75 Å². The minimum atomic E-state index is 0.525. The molecule has 2 aromatic heterocycles. The fourth-order valence-corrected chi connectivity index (χ4v) is 2.22. The molecule has 7 heteroatoms. The van der Waals surface area contributed by atoms with Crippen LogP contribution in [0.3, 0.4) is 0 Å². The van der Waals surface area contributed by atoms with E-state index in [-0.39, 0.29) is 0 Å². The Morgan fingerprint density at radius 3 is 2.73 bits per heavy atom. The molecule has 0 aliphatic carbocycles. The van der Waals surface area contributed by atoms with Crippen LogP contribution in [0.1, 0.15) is 0 Å². The summed E-state index contributed by atoms with van der Waals surface area (Å²) >= 11 is 1.48. The Bertz CT molecular complexity index is 758. The summed E-state index contributed by atoms with van der Waals surface area (Å²) in [6.45, 7) is 0. The summed E-state index contributed by atoms with van der Waals surface area (Å²) < 4.78 is 10.4. The maximum atomic E-state index is 5.29. The second-order valence-corrected chi connectivity index (χ2v) is 5.13. The molecule has 0 aliphatic heterocycles. The number of hydrogen-bond acceptors (Lipinski definition) is 7. The van der Waals surface area contributed by atoms with Crippen LogP contribution in [0, 0.1) is 0 Å². The highest BCUT2D eigenvalue weighted by molar-refractivity contribution is 7.98. The second-order valence-electron chi connectivity index (χ2n) is 4.36. The Morgan fingerprint density at radius 1 is 1.18 bits per heavy atom. The monoisotopic (exact) mass is 314 g/mol. The molecule has 0 unspecified atom stereocenters. The van der Waals surface area contributed by atoms with Gasteiger partial charge in [0.15, 0.2) is 5.16 Å². The van der Waals surface area contributed by atoms with Gasteiger partial charge in [-0.15, -0.1) is 0 Å². The van der Waals surface area contributed by atoms with Crippen molar-refractivity contribution in [2.75, 3.05) is 18.7 Å². The molecule has 22 heavy (non-hydrogen) atoms. The van der Waals surface area contributed by atoms with Gasteiger partial charge < -0.3 is 14.6 Å². The summed E-state index contributed by atoms with van der Waals surface area (Å²) in [6, 6.07) is 11.2. The van der Waals surface area contributed by atoms with Gasteiger partial charge in [0.05, 0.1) is 7.11 Å². The van der Waals surface area contributed by atoms with E-state index in [1.807, 2.05) is 36.6 Å². The molecule has 3 rings (SSSR count). The molecule has 1 aromatic carbocycles. The highest BCUT2D eigenvalue weighted by Crippen LogP contribution is 2.25. The van der Waals surface area contributed by atoms with E-state index in [2.05, 4.69) is 20.4 Å². The number of anilines is 2. The van der Waals surface area contributed by atoms with E-state index >= 15 is 0 Å². The highest BCUT2D eigenvalue weighted by Gasteiger charge is 2.08. The Hall–Kier alpha value is -2.54. The van der Waals surface area contributed by atoms with E-state index in [0.717, 1.165) is 17.0 Å². The fraction of sp³-hybridized carbons (Fsp3) is 0.133. The first kappa shape index (κ1) is 14.4. The van der Waals surface area contributed by atoms with Gasteiger partial charge in [0, 0.05) is 17.8 Å². The van der Waals surface area contributed by atoms with Crippen LogP contribution in [-0.2, 0) is 0 Å². The smallest absolute Gasteiger partial charge is 0.230 e. The number of benzene rings is 1. The van der Waals surface area contributed by atoms with Gasteiger partial charge in [-0.2, -0.15) is 0 Å². The van der Waals surface area contributed by atoms with Gasteiger partial charge in [0.2, 0.25) is 5.88 Å². The first-order valence-corrected chi connectivity index (χ1v) is 7.76. The van der Waals surface area contributed by atoms with Crippen LogP contribution in [0.15, 0.2) is 52.3 Å². The minimum Gasteiger partial charge on any atom is -0.497 e. The number of methoxy groups -OCH3 is 1. The van der Waals surface area contributed by atoms with Crippen LogP contribution in [0.4, 0.5) is 11.7 Å². The SMILES string of the molecule is COc1ccc(-c2cc(Nc3ccnc(SC)n3)on2)cc1. The van der Waals surface area contributed by atoms with Crippen molar-refractivity contribution in [1.29, 1.82) is 0 Å². The van der Waals surface area contributed by atoms with E-state index in [9.17, 15) is 0 Å². The van der Waals surface area contributed by atoms with Crippen LogP contribution in [0.25, 0.3) is 11.3 Å². The van der Waals surface area contributed by atoms with Gasteiger partial charge >= 0.3 is 0 Å². The third kappa shape index (κ3) is 3.20. The lowest BCUT2D eigenvalue weighted by Crippen LogP contribution is -1.94. The second kappa shape index (κ2) is 6.48. The van der Waals surface area contributed by atoms with E-state index < -0.39 is 0 Å². The Kier molecular flexibility index (Phi) is 4.24. The van der Waals surface area contributed by atoms with E-state index in [1.54, 1.807) is 19.4 Å². The molecule has 6 nitrogen and oxygen atoms in total. The number of thioether (sulfide) groups is 1. The van der Waals surface area contributed by atoms with Crippen molar-refractivity contribution in [3.8, 4) is 17.0 Å². The molecule has 0 aliphatic rings. The van der Waals surface area contributed by atoms with Crippen molar-refractivity contribution in [3.05, 3.63) is 42.6 Å². The number of ether oxygens (including phenoxy) is 1. The maximum absolute atomic E-state index is 5.29. The Labute approximate surface area is 131 Å². The molecular formula is C15H14N4O2S. The highest BCUT2D eigenvalue weighted by atomic mass is 32.2. The summed E-state index contributed by atoms with van der Waals surface area (Å²) in [5.74, 6) is 1.99. The van der Waals surface area contributed by atoms with Gasteiger partial charge in [-0.1, -0.05) is 16.9 Å². The van der Waals surface area contributed by atoms with Crippen molar-refractivity contribution in [2.45, 2.75) is 5.16 Å². The predicted octanol–water partition coefficient (Wildman–Crippen LogP) is 3.61. The molecule has 0 atom stereocenters. The summed E-state index contributed by atoms with van der Waals surface area (Å²) in [5.41, 5.74) is 1.69. The molecule has 1 N–H and O–H groups in total. The normalized spacial score (nSPS) is 10.5. The molecule has 0 saturated carbocycles. The van der Waals surface area contributed by atoms with Crippen molar-refractivity contribution >= 4 is 23.5 Å². The summed E-state index contributed by atoms with van der Waals surface area (Å²) in [6.07, 6.45) is 3.62. The molecule has 0 fully saturated rings. The van der Waals surface area contributed by atoms with E-state index in [4.69, 9.17) is 9.26 Å². The van der Waals surface area contributed by atoms with Crippen LogP contribution < -0.4 is 10.1 Å². The maximum Gasteiger partial charge on any atom is 0.230 e. The zero-order valence-electron chi connectivity index (χ0n) is 12.1. The molecule has 112 valence electrons. The number of aromatic nitrogens is 3. The molecule has 0 saturated heterocycles. The van der Waals surface area contributed by atoms with E-state index in [1.165, 1.54) is 11.8 Å². The average Bonchev–Trinajstić information content (AvgIpc) is 3.03. The molecule has 0 amide bonds. The predicted molar refractivity (Wildman–Crippen MR) is 85.6 cm³/mol. The molecule has 2 heterocycles. The molecule has 0 spiro atoms. The van der Waals surface area contributed by atoms with Crippen LogP contribution in [0.2, 0.25) is 0 Å². The summed E-state index contributed by atoms with van der Waals surface area (Å²) in [4.78, 5) is 8.45. The van der Waals surface area contributed by atoms with Gasteiger partial charge in [-0.25, -0.2) is 9.97 Å². The first-order chi connectivity index (χ1) is 10.8. The first-order valence-electron chi connectivity index (χ1n) is 6.53. The lowest BCUT2D eigenvalue weighted by molar-refractivity contribution is 0.415. The quantitative estimate of drug-likeness (QED) is 0.569. The topological polar surface area (TPSA) is 73.1 Å². The third-order valence-electron chi connectivity index (χ3n) is 2.96.